The van der Waals surface area contributed by atoms with Crippen LogP contribution < -0.4 is 31.8 Å². The molecule has 0 aliphatic heterocycles. The molecule has 0 amide bonds. The second kappa shape index (κ2) is 26.8. The summed E-state index contributed by atoms with van der Waals surface area (Å²) in [5.41, 5.74) is 0. The fourth-order valence-electron chi connectivity index (χ4n) is 5.18. The third kappa shape index (κ3) is 14.6. The zero-order valence-electron chi connectivity index (χ0n) is 35.7. The Morgan fingerprint density at radius 3 is 0.763 bits per heavy atom. The van der Waals surface area contributed by atoms with E-state index in [1.165, 1.54) is 12.1 Å². The Balaban J connectivity index is 0.000000525. The van der Waals surface area contributed by atoms with Crippen LogP contribution in [0.2, 0.25) is 0 Å². The van der Waals surface area contributed by atoms with Crippen LogP contribution in [-0.2, 0) is 48.5 Å². The molecule has 0 saturated carbocycles. The van der Waals surface area contributed by atoms with Gasteiger partial charge < -0.3 is 10.2 Å². The van der Waals surface area contributed by atoms with Crippen molar-refractivity contribution in [2.24, 2.45) is 0 Å². The monoisotopic (exact) mass is 1340 g/mol. The van der Waals surface area contributed by atoms with Crippen LogP contribution in [0.4, 0.5) is 105 Å². The number of carboxylic acid groups (broad SMARTS) is 2. The van der Waals surface area contributed by atoms with Crippen LogP contribution >= 0.6 is 15.8 Å². The molecule has 6 aromatic rings. The number of carboxylic acids is 2. The molecule has 0 bridgehead atoms. The van der Waals surface area contributed by atoms with Crippen LogP contribution in [0.1, 0.15) is 0 Å². The first kappa shape index (κ1) is 68.7. The molecule has 32 heteroatoms. The molecule has 6 rings (SSSR count). The number of rotatable bonds is 10. The minimum absolute atomic E-state index is 0. The molecule has 0 fully saturated rings. The van der Waals surface area contributed by atoms with Gasteiger partial charge in [0, 0.05) is 39.0 Å². The number of hydrogen-bond donors (Lipinski definition) is 2. The fraction of sp³-hybridized carbons (Fsp3) is 0.136. The SMILES string of the molecule is Fc1c(F)c(F)c(P(c2[c-]cccc2)c2ccccc2)c(F)c1F.Fc1c(F)c(F)c(P(c2[c-]cccc2)c2ccccc2)c(F)c1F.O=C(O)C(F)(F)C(F)(F)C(F)(F)F.O=C(O)C(F)(F)C(F)(F)C(F)(F)F.[Rh].[Rh]. The molecule has 2 unspecified atom stereocenters. The van der Waals surface area contributed by atoms with E-state index >= 15 is 0 Å². The van der Waals surface area contributed by atoms with Gasteiger partial charge in [0.2, 0.25) is 11.6 Å². The van der Waals surface area contributed by atoms with Crippen molar-refractivity contribution in [2.75, 3.05) is 0 Å². The smallest absolute Gasteiger partial charge is 0.460 e. The third-order valence-corrected chi connectivity index (χ3v) is 13.6. The van der Waals surface area contributed by atoms with E-state index < -0.39 is 133 Å². The first-order chi connectivity index (χ1) is 33.9. The van der Waals surface area contributed by atoms with Gasteiger partial charge in [-0.1, -0.05) is 60.7 Å². The molecule has 6 aromatic carbocycles. The van der Waals surface area contributed by atoms with Crippen molar-refractivity contribution in [1.29, 1.82) is 0 Å². The Morgan fingerprint density at radius 1 is 0.355 bits per heavy atom. The van der Waals surface area contributed by atoms with Gasteiger partial charge in [0.15, 0.2) is 46.5 Å². The van der Waals surface area contributed by atoms with Crippen molar-refractivity contribution in [3.05, 3.63) is 179 Å². The van der Waals surface area contributed by atoms with Gasteiger partial charge in [-0.2, -0.15) is 122 Å². The quantitative estimate of drug-likeness (QED) is 0.0358. The summed E-state index contributed by atoms with van der Waals surface area (Å²) in [4.78, 5) is 18.8. The molecule has 76 heavy (non-hydrogen) atoms. The van der Waals surface area contributed by atoms with E-state index in [-0.39, 0.29) is 39.0 Å². The third-order valence-electron chi connectivity index (χ3n) is 8.75. The molecular weight excluding hydrogens is 1320 g/mol. The van der Waals surface area contributed by atoms with E-state index in [9.17, 15) is 115 Å². The van der Waals surface area contributed by atoms with E-state index in [1.807, 2.05) is 0 Å². The first-order valence-corrected chi connectivity index (χ1v) is 21.4. The molecule has 2 atom stereocenters. The summed E-state index contributed by atoms with van der Waals surface area (Å²) in [6.45, 7) is 0. The number of alkyl halides is 14. The summed E-state index contributed by atoms with van der Waals surface area (Å²) >= 11 is 0. The molecule has 2 N–H and O–H groups in total. The Labute approximate surface area is 437 Å². The zero-order valence-corrected chi connectivity index (χ0v) is 40.8. The van der Waals surface area contributed by atoms with Crippen LogP contribution in [-0.4, -0.2) is 58.2 Å². The summed E-state index contributed by atoms with van der Waals surface area (Å²) in [6.07, 6.45) is -13.2. The maximum absolute atomic E-state index is 14.3. The fourth-order valence-corrected chi connectivity index (χ4v) is 9.73. The van der Waals surface area contributed by atoms with Crippen LogP contribution in [0, 0.1) is 70.3 Å². The van der Waals surface area contributed by atoms with E-state index in [2.05, 4.69) is 12.1 Å². The van der Waals surface area contributed by atoms with Crippen molar-refractivity contribution >= 4 is 59.6 Å². The van der Waals surface area contributed by atoms with Crippen molar-refractivity contribution in [2.45, 2.75) is 36.0 Å². The van der Waals surface area contributed by atoms with E-state index in [0.29, 0.717) is 21.2 Å². The van der Waals surface area contributed by atoms with Gasteiger partial charge in [-0.25, -0.2) is 53.5 Å². The standard InChI is InChI=1S/2C18H9F5P.2C4HF7O2.2Rh/c2*19-13-14(20)16(22)18(17(23)15(13)21)24(11-7-3-1-4-8-11)12-9-5-2-6-10-12;2*5-2(6,1(12)13)3(7,8)4(9,10)11;;/h2*1-9H;2*(H,12,13);;/q2*-1;;;;. The summed E-state index contributed by atoms with van der Waals surface area (Å²) in [5, 5.41) is 14.8. The molecule has 0 spiro atoms. The Morgan fingerprint density at radius 2 is 0.579 bits per heavy atom. The Hall–Kier alpha value is -5.31. The number of aliphatic carboxylic acids is 2. The van der Waals surface area contributed by atoms with E-state index in [4.69, 9.17) is 10.2 Å². The first-order valence-electron chi connectivity index (χ1n) is 18.7. The summed E-state index contributed by atoms with van der Waals surface area (Å²) in [7, 11) is -3.97. The zero-order chi connectivity index (χ0) is 56.7. The second-order valence-electron chi connectivity index (χ2n) is 13.6. The molecule has 2 radical (unpaired) electrons. The largest absolute Gasteiger partial charge is 0.477 e. The van der Waals surface area contributed by atoms with Gasteiger partial charge in [0.05, 0.1) is 10.6 Å². The maximum Gasteiger partial charge on any atom is 0.460 e. The molecule has 4 nitrogen and oxygen atoms in total. The number of benzene rings is 6. The Kier molecular flexibility index (Phi) is 24.3. The number of halogens is 24. The van der Waals surface area contributed by atoms with Gasteiger partial charge in [-0.05, 0) is 26.5 Å². The molecule has 0 aliphatic carbocycles. The van der Waals surface area contributed by atoms with Gasteiger partial charge in [0.25, 0.3) is 0 Å². The predicted octanol–water partition coefficient (Wildman–Crippen LogP) is 11.7. The van der Waals surface area contributed by atoms with Gasteiger partial charge in [-0.3, -0.25) is 0 Å². The van der Waals surface area contributed by atoms with Crippen LogP contribution in [0.5, 0.6) is 0 Å². The normalized spacial score (nSPS) is 12.6. The molecule has 418 valence electrons. The molecule has 0 aliphatic rings. The van der Waals surface area contributed by atoms with Crippen molar-refractivity contribution < 1.29 is 164 Å². The molecule has 0 saturated heterocycles. The van der Waals surface area contributed by atoms with Crippen molar-refractivity contribution in [3.8, 4) is 0 Å². The maximum atomic E-state index is 14.3. The van der Waals surface area contributed by atoms with E-state index in [0.717, 1.165) is 0 Å². The summed E-state index contributed by atoms with van der Waals surface area (Å²) < 4.78 is 299. The Bertz CT molecular complexity index is 2570. The molecule has 0 heterocycles. The number of hydrogen-bond acceptors (Lipinski definition) is 2. The second-order valence-corrected chi connectivity index (χ2v) is 17.8. The van der Waals surface area contributed by atoms with Crippen molar-refractivity contribution in [1.82, 2.24) is 0 Å². The topological polar surface area (TPSA) is 74.6 Å². The van der Waals surface area contributed by atoms with Crippen LogP contribution in [0.15, 0.2) is 109 Å². The molecular formula is C44H20F24O4P2Rh2-2. The van der Waals surface area contributed by atoms with Gasteiger partial charge in [0.1, 0.15) is 0 Å². The molecule has 0 aromatic heterocycles. The van der Waals surface area contributed by atoms with E-state index in [1.54, 1.807) is 97.1 Å². The average molecular weight is 1340 g/mol. The number of carbonyl (C=O) groups is 2. The predicted molar refractivity (Wildman–Crippen MR) is 215 cm³/mol. The van der Waals surface area contributed by atoms with Crippen LogP contribution in [0.3, 0.4) is 0 Å². The van der Waals surface area contributed by atoms with Crippen LogP contribution in [0.25, 0.3) is 0 Å². The minimum Gasteiger partial charge on any atom is -0.477 e. The van der Waals surface area contributed by atoms with Crippen molar-refractivity contribution in [3.63, 3.8) is 0 Å². The summed E-state index contributed by atoms with van der Waals surface area (Å²) in [5.74, 6) is -51.9. The van der Waals surface area contributed by atoms with Gasteiger partial charge >= 0.3 is 48.0 Å². The minimum atomic E-state index is -6.60. The summed E-state index contributed by atoms with van der Waals surface area (Å²) in [6, 6.07) is 34.7. The average Bonchev–Trinajstić information content (AvgIpc) is 3.34. The van der Waals surface area contributed by atoms with Gasteiger partial charge in [-0.15, -0.1) is 10.6 Å².